The summed E-state index contributed by atoms with van der Waals surface area (Å²) < 4.78 is 9.44. The first-order chi connectivity index (χ1) is 7.79. The third-order valence-corrected chi connectivity index (χ3v) is 2.31. The molecule has 0 saturated heterocycles. The number of ether oxygens (including phenoxy) is 2. The van der Waals surface area contributed by atoms with Gasteiger partial charge >= 0.3 is 17.9 Å². The van der Waals surface area contributed by atoms with Crippen molar-refractivity contribution in [1.82, 2.24) is 0 Å². The van der Waals surface area contributed by atoms with Crippen LogP contribution in [0.25, 0.3) is 0 Å². The molecule has 0 aromatic carbocycles. The molecule has 0 aliphatic rings. The lowest BCUT2D eigenvalue weighted by atomic mass is 9.91. The van der Waals surface area contributed by atoms with Gasteiger partial charge in [0.1, 0.15) is 19.6 Å². The van der Waals surface area contributed by atoms with E-state index in [9.17, 15) is 14.4 Å². The Kier molecular flexibility index (Phi) is 6.23. The van der Waals surface area contributed by atoms with E-state index in [0.29, 0.717) is 6.42 Å². The van der Waals surface area contributed by atoms with E-state index in [0.717, 1.165) is 0 Å². The van der Waals surface area contributed by atoms with Crippen LogP contribution in [0.3, 0.4) is 0 Å². The number of carboxylic acids is 1. The maximum absolute atomic E-state index is 11.5. The van der Waals surface area contributed by atoms with Crippen molar-refractivity contribution in [3.05, 3.63) is 0 Å². The van der Waals surface area contributed by atoms with E-state index in [4.69, 9.17) is 9.84 Å². The van der Waals surface area contributed by atoms with Crippen molar-refractivity contribution in [2.45, 2.75) is 33.6 Å². The summed E-state index contributed by atoms with van der Waals surface area (Å²) in [6.07, 6.45) is -0.0426. The molecular formula is C11H18O6. The molecule has 6 heteroatoms. The maximum atomic E-state index is 11.5. The molecule has 0 radical (unpaired) electrons. The van der Waals surface area contributed by atoms with Gasteiger partial charge in [-0.1, -0.05) is 6.92 Å². The first-order valence-electron chi connectivity index (χ1n) is 5.34. The Morgan fingerprint density at radius 3 is 2.12 bits per heavy atom. The Hall–Kier alpha value is -1.59. The molecular weight excluding hydrogens is 228 g/mol. The minimum Gasteiger partial charge on any atom is -0.481 e. The van der Waals surface area contributed by atoms with Crippen molar-refractivity contribution in [3.63, 3.8) is 0 Å². The summed E-state index contributed by atoms with van der Waals surface area (Å²) in [5.41, 5.74) is -0.564. The topological polar surface area (TPSA) is 89.9 Å². The lowest BCUT2D eigenvalue weighted by Crippen LogP contribution is -2.27. The summed E-state index contributed by atoms with van der Waals surface area (Å²) in [7, 11) is 0. The largest absolute Gasteiger partial charge is 0.481 e. The fourth-order valence-electron chi connectivity index (χ4n) is 0.804. The number of carboxylic acid groups (broad SMARTS) is 1. The molecule has 1 N–H and O–H groups in total. The summed E-state index contributed by atoms with van der Waals surface area (Å²) >= 11 is 0. The van der Waals surface area contributed by atoms with Crippen molar-refractivity contribution in [2.24, 2.45) is 5.41 Å². The molecule has 0 aromatic rings. The third kappa shape index (κ3) is 6.55. The molecule has 0 saturated carbocycles. The number of carbonyl (C=O) groups is 3. The number of rotatable bonds is 7. The normalized spacial score (nSPS) is 10.8. The van der Waals surface area contributed by atoms with Crippen LogP contribution in [0.1, 0.15) is 33.6 Å². The molecule has 0 spiro atoms. The predicted molar refractivity (Wildman–Crippen MR) is 58.2 cm³/mol. The Morgan fingerprint density at radius 1 is 1.12 bits per heavy atom. The molecule has 98 valence electrons. The van der Waals surface area contributed by atoms with E-state index in [1.807, 2.05) is 6.92 Å². The molecule has 0 heterocycles. The first kappa shape index (κ1) is 15.4. The van der Waals surface area contributed by atoms with E-state index in [1.54, 1.807) is 13.8 Å². The van der Waals surface area contributed by atoms with E-state index in [2.05, 4.69) is 4.74 Å². The molecule has 0 atom stereocenters. The van der Waals surface area contributed by atoms with Crippen LogP contribution in [-0.2, 0) is 23.9 Å². The van der Waals surface area contributed by atoms with Crippen LogP contribution in [0, 0.1) is 5.41 Å². The van der Waals surface area contributed by atoms with Crippen LogP contribution in [0.5, 0.6) is 0 Å². The number of hydrogen-bond donors (Lipinski definition) is 1. The molecule has 6 nitrogen and oxygen atoms in total. The van der Waals surface area contributed by atoms with Crippen molar-refractivity contribution in [3.8, 4) is 0 Å². The van der Waals surface area contributed by atoms with Gasteiger partial charge in [0.2, 0.25) is 0 Å². The van der Waals surface area contributed by atoms with Gasteiger partial charge in [0.15, 0.2) is 0 Å². The monoisotopic (exact) mass is 246 g/mol. The second-order valence-electron chi connectivity index (χ2n) is 4.16. The van der Waals surface area contributed by atoms with Gasteiger partial charge in [-0.15, -0.1) is 0 Å². The molecule has 0 fully saturated rings. The van der Waals surface area contributed by atoms with Crippen molar-refractivity contribution in [2.75, 3.05) is 13.2 Å². The van der Waals surface area contributed by atoms with Gasteiger partial charge in [-0.25, -0.2) is 0 Å². The zero-order chi connectivity index (χ0) is 13.5. The maximum Gasteiger partial charge on any atom is 0.317 e. The van der Waals surface area contributed by atoms with Gasteiger partial charge in [-0.3, -0.25) is 14.4 Å². The van der Waals surface area contributed by atoms with Crippen LogP contribution in [0.4, 0.5) is 0 Å². The van der Waals surface area contributed by atoms with Gasteiger partial charge in [0, 0.05) is 0 Å². The van der Waals surface area contributed by atoms with Crippen molar-refractivity contribution in [1.29, 1.82) is 0 Å². The molecule has 0 amide bonds. The highest BCUT2D eigenvalue weighted by molar-refractivity contribution is 5.90. The Morgan fingerprint density at radius 2 is 1.65 bits per heavy atom. The smallest absolute Gasteiger partial charge is 0.317 e. The average molecular weight is 246 g/mol. The highest BCUT2D eigenvalue weighted by Gasteiger charge is 2.26. The summed E-state index contributed by atoms with van der Waals surface area (Å²) in [4.78, 5) is 32.4. The Bertz CT molecular complexity index is 294. The Labute approximate surface area is 99.9 Å². The van der Waals surface area contributed by atoms with Crippen molar-refractivity contribution < 1.29 is 29.0 Å². The van der Waals surface area contributed by atoms with Gasteiger partial charge in [-0.05, 0) is 20.3 Å². The molecule has 0 rings (SSSR count). The number of carbonyl (C=O) groups excluding carboxylic acids is 2. The molecule has 17 heavy (non-hydrogen) atoms. The molecule has 0 unspecified atom stereocenters. The van der Waals surface area contributed by atoms with Crippen LogP contribution >= 0.6 is 0 Å². The summed E-state index contributed by atoms with van der Waals surface area (Å²) in [6.45, 7) is 5.19. The van der Waals surface area contributed by atoms with Crippen LogP contribution in [0.2, 0.25) is 0 Å². The molecule has 0 aliphatic carbocycles. The van der Waals surface area contributed by atoms with Gasteiger partial charge in [0.05, 0.1) is 5.41 Å². The third-order valence-electron chi connectivity index (χ3n) is 2.31. The van der Waals surface area contributed by atoms with Gasteiger partial charge in [-0.2, -0.15) is 0 Å². The zero-order valence-corrected chi connectivity index (χ0v) is 10.3. The fraction of sp³-hybridized carbons (Fsp3) is 0.727. The quantitative estimate of drug-likeness (QED) is 0.409. The average Bonchev–Trinajstić information content (AvgIpc) is 2.23. The van der Waals surface area contributed by atoms with Crippen molar-refractivity contribution >= 4 is 17.9 Å². The predicted octanol–water partition coefficient (Wildman–Crippen LogP) is 0.984. The van der Waals surface area contributed by atoms with E-state index < -0.39 is 23.8 Å². The summed E-state index contributed by atoms with van der Waals surface area (Å²) in [5, 5.41) is 8.28. The van der Waals surface area contributed by atoms with E-state index in [-0.39, 0.29) is 19.2 Å². The first-order valence-corrected chi connectivity index (χ1v) is 5.34. The fourth-order valence-corrected chi connectivity index (χ4v) is 0.804. The second-order valence-corrected chi connectivity index (χ2v) is 4.16. The Balaban J connectivity index is 3.75. The number of aliphatic carboxylic acids is 1. The van der Waals surface area contributed by atoms with Crippen LogP contribution in [-0.4, -0.2) is 36.2 Å². The summed E-state index contributed by atoms with van der Waals surface area (Å²) in [5.74, 6) is -2.46. The number of esters is 2. The van der Waals surface area contributed by atoms with Crippen LogP contribution < -0.4 is 0 Å². The number of hydrogen-bond acceptors (Lipinski definition) is 5. The minimum absolute atomic E-state index is 0.0619. The highest BCUT2D eigenvalue weighted by atomic mass is 16.6. The second kappa shape index (κ2) is 6.88. The van der Waals surface area contributed by atoms with Gasteiger partial charge in [0.25, 0.3) is 0 Å². The van der Waals surface area contributed by atoms with Crippen LogP contribution in [0.15, 0.2) is 0 Å². The molecule has 0 aliphatic heterocycles. The summed E-state index contributed by atoms with van der Waals surface area (Å²) in [6, 6.07) is 0. The highest BCUT2D eigenvalue weighted by Crippen LogP contribution is 2.21. The zero-order valence-electron chi connectivity index (χ0n) is 10.3. The van der Waals surface area contributed by atoms with E-state index in [1.165, 1.54) is 0 Å². The lowest BCUT2D eigenvalue weighted by Gasteiger charge is -2.20. The van der Waals surface area contributed by atoms with Gasteiger partial charge < -0.3 is 14.6 Å². The standard InChI is InChI=1S/C11H18O6/c1-4-11(2,3)10(15)17-6-5-16-9(14)7-8(12)13/h4-7H2,1-3H3,(H,12,13). The molecule has 0 bridgehead atoms. The molecule has 0 aromatic heterocycles. The minimum atomic E-state index is -1.25. The SMILES string of the molecule is CCC(C)(C)C(=O)OCCOC(=O)CC(=O)O. The lowest BCUT2D eigenvalue weighted by molar-refractivity contribution is -0.160. The van der Waals surface area contributed by atoms with E-state index >= 15 is 0 Å².